The van der Waals surface area contributed by atoms with Gasteiger partial charge in [0.05, 0.1) is 18.6 Å². The number of hydrogen-bond acceptors (Lipinski definition) is 4. The fourth-order valence-corrected chi connectivity index (χ4v) is 3.38. The summed E-state index contributed by atoms with van der Waals surface area (Å²) in [7, 11) is 0. The Kier molecular flexibility index (Phi) is 5.65. The average Bonchev–Trinajstić information content (AvgIpc) is 2.60. The molecule has 1 amide bonds. The number of rotatable bonds is 5. The Hall–Kier alpha value is -1.43. The monoisotopic (exact) mass is 318 g/mol. The number of carbonyl (C=O) groups is 1. The molecule has 23 heavy (non-hydrogen) atoms. The van der Waals surface area contributed by atoms with E-state index in [1.165, 1.54) is 11.1 Å². The molecule has 2 aliphatic rings. The van der Waals surface area contributed by atoms with E-state index in [9.17, 15) is 9.90 Å². The van der Waals surface area contributed by atoms with Crippen LogP contribution in [0.25, 0.3) is 0 Å². The number of ether oxygens (including phenoxy) is 1. The first-order valence-electron chi connectivity index (χ1n) is 8.55. The minimum Gasteiger partial charge on any atom is -0.390 e. The van der Waals surface area contributed by atoms with Crippen LogP contribution in [-0.4, -0.2) is 54.9 Å². The predicted molar refractivity (Wildman–Crippen MR) is 88.0 cm³/mol. The molecule has 0 aliphatic carbocycles. The molecule has 3 rings (SSSR count). The number of aliphatic hydroxyl groups excluding tert-OH is 1. The van der Waals surface area contributed by atoms with Gasteiger partial charge in [-0.15, -0.1) is 0 Å². The SMILES string of the molecule is O=C(NC[C@@H](O)CN1CCc2ccccc2C1)C1CCCOC1. The number of nitrogens with zero attached hydrogens (tertiary/aromatic N) is 1. The van der Waals surface area contributed by atoms with Gasteiger partial charge in [0, 0.05) is 32.8 Å². The van der Waals surface area contributed by atoms with Gasteiger partial charge in [-0.2, -0.15) is 0 Å². The van der Waals surface area contributed by atoms with E-state index in [1.54, 1.807) is 0 Å². The standard InChI is InChI=1S/C18H26N2O3/c21-17(10-19-18(22)16-6-3-9-23-13-16)12-20-8-7-14-4-1-2-5-15(14)11-20/h1-2,4-5,16-17,21H,3,6-13H2,(H,19,22)/t16?,17-/m1/s1. The van der Waals surface area contributed by atoms with Crippen molar-refractivity contribution in [3.63, 3.8) is 0 Å². The van der Waals surface area contributed by atoms with Crippen LogP contribution in [0.3, 0.4) is 0 Å². The summed E-state index contributed by atoms with van der Waals surface area (Å²) in [5.41, 5.74) is 2.75. The van der Waals surface area contributed by atoms with E-state index in [1.807, 2.05) is 0 Å². The first-order chi connectivity index (χ1) is 11.2. The normalized spacial score (nSPS) is 23.1. The maximum absolute atomic E-state index is 12.0. The van der Waals surface area contributed by atoms with Crippen LogP contribution in [0.2, 0.25) is 0 Å². The maximum Gasteiger partial charge on any atom is 0.225 e. The van der Waals surface area contributed by atoms with Crippen molar-refractivity contribution < 1.29 is 14.6 Å². The molecule has 1 fully saturated rings. The van der Waals surface area contributed by atoms with Gasteiger partial charge in [-0.25, -0.2) is 0 Å². The molecule has 1 aromatic rings. The maximum atomic E-state index is 12.0. The average molecular weight is 318 g/mol. The van der Waals surface area contributed by atoms with E-state index in [2.05, 4.69) is 34.5 Å². The molecule has 2 aliphatic heterocycles. The van der Waals surface area contributed by atoms with E-state index < -0.39 is 6.10 Å². The molecule has 0 bridgehead atoms. The first-order valence-corrected chi connectivity index (χ1v) is 8.55. The molecule has 126 valence electrons. The molecule has 1 unspecified atom stereocenters. The van der Waals surface area contributed by atoms with E-state index >= 15 is 0 Å². The van der Waals surface area contributed by atoms with Crippen LogP contribution in [0.4, 0.5) is 0 Å². The number of benzene rings is 1. The minimum absolute atomic E-state index is 0.00717. The highest BCUT2D eigenvalue weighted by molar-refractivity contribution is 5.78. The first kappa shape index (κ1) is 16.4. The molecule has 0 spiro atoms. The molecule has 0 aromatic heterocycles. The van der Waals surface area contributed by atoms with Gasteiger partial charge >= 0.3 is 0 Å². The molecule has 1 aromatic carbocycles. The quantitative estimate of drug-likeness (QED) is 0.848. The highest BCUT2D eigenvalue weighted by Gasteiger charge is 2.23. The number of hydrogen-bond donors (Lipinski definition) is 2. The third-order valence-corrected chi connectivity index (χ3v) is 4.72. The Morgan fingerprint density at radius 2 is 2.22 bits per heavy atom. The lowest BCUT2D eigenvalue weighted by molar-refractivity contribution is -0.129. The van der Waals surface area contributed by atoms with Crippen LogP contribution in [-0.2, 0) is 22.5 Å². The van der Waals surface area contributed by atoms with Crippen molar-refractivity contribution >= 4 is 5.91 Å². The number of carbonyl (C=O) groups excluding carboxylic acids is 1. The summed E-state index contributed by atoms with van der Waals surface area (Å²) in [6.45, 7) is 3.99. The summed E-state index contributed by atoms with van der Waals surface area (Å²) in [5, 5.41) is 13.1. The summed E-state index contributed by atoms with van der Waals surface area (Å²) in [5.74, 6) is -0.0504. The zero-order valence-electron chi connectivity index (χ0n) is 13.5. The van der Waals surface area contributed by atoms with Crippen molar-refractivity contribution in [2.45, 2.75) is 31.9 Å². The van der Waals surface area contributed by atoms with Crippen LogP contribution in [0.1, 0.15) is 24.0 Å². The molecular weight excluding hydrogens is 292 g/mol. The minimum atomic E-state index is -0.534. The number of fused-ring (bicyclic) bond motifs is 1. The molecule has 2 atom stereocenters. The zero-order chi connectivity index (χ0) is 16.1. The van der Waals surface area contributed by atoms with E-state index in [0.29, 0.717) is 19.7 Å². The lowest BCUT2D eigenvalue weighted by atomic mass is 9.99. The van der Waals surface area contributed by atoms with Crippen LogP contribution in [0.5, 0.6) is 0 Å². The van der Waals surface area contributed by atoms with Gasteiger partial charge in [0.1, 0.15) is 0 Å². The number of amides is 1. The Bertz CT molecular complexity index is 529. The van der Waals surface area contributed by atoms with Crippen molar-refractivity contribution in [3.05, 3.63) is 35.4 Å². The van der Waals surface area contributed by atoms with Crippen molar-refractivity contribution in [1.82, 2.24) is 10.2 Å². The molecule has 5 nitrogen and oxygen atoms in total. The summed E-state index contributed by atoms with van der Waals surface area (Å²) in [4.78, 5) is 14.3. The van der Waals surface area contributed by atoms with E-state index in [4.69, 9.17) is 4.74 Å². The Morgan fingerprint density at radius 3 is 3.00 bits per heavy atom. The molecule has 0 saturated carbocycles. The topological polar surface area (TPSA) is 61.8 Å². The van der Waals surface area contributed by atoms with E-state index in [0.717, 1.165) is 39.0 Å². The predicted octanol–water partition coefficient (Wildman–Crippen LogP) is 0.948. The summed E-state index contributed by atoms with van der Waals surface area (Å²) in [6.07, 6.45) is 2.31. The molecule has 2 N–H and O–H groups in total. The second-order valence-corrected chi connectivity index (χ2v) is 6.57. The summed E-state index contributed by atoms with van der Waals surface area (Å²) in [6, 6.07) is 8.47. The molecule has 2 heterocycles. The van der Waals surface area contributed by atoms with Gasteiger partial charge in [-0.1, -0.05) is 24.3 Å². The fraction of sp³-hybridized carbons (Fsp3) is 0.611. The van der Waals surface area contributed by atoms with Crippen molar-refractivity contribution in [3.8, 4) is 0 Å². The van der Waals surface area contributed by atoms with Crippen molar-refractivity contribution in [1.29, 1.82) is 0 Å². The third-order valence-electron chi connectivity index (χ3n) is 4.72. The highest BCUT2D eigenvalue weighted by atomic mass is 16.5. The van der Waals surface area contributed by atoms with E-state index in [-0.39, 0.29) is 11.8 Å². The highest BCUT2D eigenvalue weighted by Crippen LogP contribution is 2.18. The molecule has 5 heteroatoms. The third kappa shape index (κ3) is 4.53. The van der Waals surface area contributed by atoms with Gasteiger partial charge in [-0.05, 0) is 30.4 Å². The van der Waals surface area contributed by atoms with Gasteiger partial charge < -0.3 is 15.2 Å². The van der Waals surface area contributed by atoms with Crippen LogP contribution in [0, 0.1) is 5.92 Å². The number of β-amino-alcohol motifs (C(OH)–C–C–N with tert-alkyl or cyclic N) is 1. The van der Waals surface area contributed by atoms with Gasteiger partial charge in [0.25, 0.3) is 0 Å². The Balaban J connectivity index is 1.41. The lowest BCUT2D eigenvalue weighted by Crippen LogP contribution is -2.44. The molecular formula is C18H26N2O3. The number of nitrogens with one attached hydrogen (secondary N) is 1. The summed E-state index contributed by atoms with van der Waals surface area (Å²) < 4.78 is 5.33. The van der Waals surface area contributed by atoms with Crippen molar-refractivity contribution in [2.24, 2.45) is 5.92 Å². The Morgan fingerprint density at radius 1 is 1.39 bits per heavy atom. The molecule has 1 saturated heterocycles. The Labute approximate surface area is 137 Å². The van der Waals surface area contributed by atoms with Crippen LogP contribution in [0.15, 0.2) is 24.3 Å². The van der Waals surface area contributed by atoms with Gasteiger partial charge in [0.2, 0.25) is 5.91 Å². The van der Waals surface area contributed by atoms with Crippen LogP contribution >= 0.6 is 0 Å². The van der Waals surface area contributed by atoms with Gasteiger partial charge in [0.15, 0.2) is 0 Å². The summed E-state index contributed by atoms with van der Waals surface area (Å²) >= 11 is 0. The second kappa shape index (κ2) is 7.90. The van der Waals surface area contributed by atoms with Crippen LogP contribution < -0.4 is 5.32 Å². The van der Waals surface area contributed by atoms with Gasteiger partial charge in [-0.3, -0.25) is 9.69 Å². The fourth-order valence-electron chi connectivity index (χ4n) is 3.38. The van der Waals surface area contributed by atoms with Crippen molar-refractivity contribution in [2.75, 3.05) is 32.8 Å². The largest absolute Gasteiger partial charge is 0.390 e. The smallest absolute Gasteiger partial charge is 0.225 e. The number of aliphatic hydroxyl groups is 1. The lowest BCUT2D eigenvalue weighted by Gasteiger charge is -2.30. The molecule has 0 radical (unpaired) electrons. The second-order valence-electron chi connectivity index (χ2n) is 6.57. The zero-order valence-corrected chi connectivity index (χ0v) is 13.5.